The molecule has 0 aromatic rings. The van der Waals surface area contributed by atoms with Gasteiger partial charge in [0, 0.05) is 6.92 Å². The van der Waals surface area contributed by atoms with Gasteiger partial charge in [-0.15, -0.1) is 0 Å². The van der Waals surface area contributed by atoms with E-state index in [0.29, 0.717) is 0 Å². The lowest BCUT2D eigenvalue weighted by atomic mass is 10.2. The third-order valence-electron chi connectivity index (χ3n) is 1.19. The largest absolute Gasteiger partial charge is 0.465 e. The Morgan fingerprint density at radius 2 is 2.00 bits per heavy atom. The number of hydrogen-bond donors (Lipinski definition) is 0. The van der Waals surface area contributed by atoms with Crippen molar-refractivity contribution in [3.8, 4) is 0 Å². The van der Waals surface area contributed by atoms with Crippen molar-refractivity contribution in [3.05, 3.63) is 0 Å². The van der Waals surface area contributed by atoms with Gasteiger partial charge in [0.1, 0.15) is 0 Å². The van der Waals surface area contributed by atoms with E-state index < -0.39 is 29.8 Å². The van der Waals surface area contributed by atoms with Gasteiger partial charge < -0.3 is 9.47 Å². The predicted octanol–water partition coefficient (Wildman–Crippen LogP) is 1.31. The molecule has 0 rings (SSSR count). The van der Waals surface area contributed by atoms with Crippen LogP contribution in [0, 0.1) is 0 Å². The fourth-order valence-electron chi connectivity index (χ4n) is 0.656. The Bertz CT molecular complexity index is 232. The van der Waals surface area contributed by atoms with Crippen LogP contribution in [0.2, 0.25) is 0 Å². The molecule has 1 atom stereocenters. The van der Waals surface area contributed by atoms with Crippen molar-refractivity contribution >= 4 is 23.5 Å². The molecule has 0 aliphatic carbocycles. The number of alkyl halides is 3. The average Bonchev–Trinajstić information content (AvgIpc) is 1.99. The molecule has 82 valence electrons. The first kappa shape index (κ1) is 13.1. The van der Waals surface area contributed by atoms with E-state index in [0.717, 1.165) is 14.0 Å². The lowest BCUT2D eigenvalue weighted by Gasteiger charge is -2.16. The maximum Gasteiger partial charge on any atom is 0.376 e. The Hall–Kier alpha value is -0.910. The summed E-state index contributed by atoms with van der Waals surface area (Å²) in [4.78, 5) is 20.8. The third-order valence-corrected chi connectivity index (χ3v) is 1.44. The first-order valence-electron chi connectivity index (χ1n) is 3.57. The number of carbonyl (C=O) groups excluding carboxylic acids is 2. The van der Waals surface area contributed by atoms with Crippen LogP contribution in [0.1, 0.15) is 13.3 Å². The second-order valence-electron chi connectivity index (χ2n) is 2.42. The number of esters is 2. The van der Waals surface area contributed by atoms with Crippen LogP contribution >= 0.6 is 11.6 Å². The molecule has 0 aromatic heterocycles. The number of halogens is 3. The minimum absolute atomic E-state index is 0.800. The lowest BCUT2D eigenvalue weighted by Crippen LogP contribution is -2.33. The highest BCUT2D eigenvalue weighted by Gasteiger charge is 2.42. The van der Waals surface area contributed by atoms with Gasteiger partial charge in [-0.1, -0.05) is 11.6 Å². The Kier molecular flexibility index (Phi) is 4.76. The molecular weight excluding hydrogens is 222 g/mol. The standard InChI is InChI=1S/C7H9ClF2O4/c1-4(11)14-5(8)3-7(9,10)6(12)13-2/h5H,3H2,1-2H3. The van der Waals surface area contributed by atoms with Crippen molar-refractivity contribution < 1.29 is 27.8 Å². The molecule has 0 aliphatic rings. The van der Waals surface area contributed by atoms with Crippen LogP contribution in [0.25, 0.3) is 0 Å². The molecular formula is C7H9ClF2O4. The highest BCUT2D eigenvalue weighted by molar-refractivity contribution is 6.20. The van der Waals surface area contributed by atoms with Crippen molar-refractivity contribution in [2.75, 3.05) is 7.11 Å². The van der Waals surface area contributed by atoms with Crippen LogP contribution in [0.5, 0.6) is 0 Å². The summed E-state index contributed by atoms with van der Waals surface area (Å²) in [7, 11) is 0.825. The van der Waals surface area contributed by atoms with Gasteiger partial charge in [-0.3, -0.25) is 4.79 Å². The van der Waals surface area contributed by atoms with E-state index in [1.54, 1.807) is 0 Å². The van der Waals surface area contributed by atoms with Gasteiger partial charge in [0.2, 0.25) is 0 Å². The van der Waals surface area contributed by atoms with Gasteiger partial charge in [-0.25, -0.2) is 4.79 Å². The molecule has 0 saturated heterocycles. The first-order chi connectivity index (χ1) is 6.29. The Balaban J connectivity index is 4.21. The topological polar surface area (TPSA) is 52.6 Å². The maximum atomic E-state index is 12.8. The van der Waals surface area contributed by atoms with Crippen molar-refractivity contribution in [2.24, 2.45) is 0 Å². The summed E-state index contributed by atoms with van der Waals surface area (Å²) in [5.41, 5.74) is -1.55. The molecule has 0 fully saturated rings. The van der Waals surface area contributed by atoms with Gasteiger partial charge in [-0.05, 0) is 0 Å². The maximum absolute atomic E-state index is 12.8. The number of methoxy groups -OCH3 is 1. The molecule has 7 heteroatoms. The molecule has 0 bridgehead atoms. The minimum atomic E-state index is -3.75. The van der Waals surface area contributed by atoms with E-state index in [4.69, 9.17) is 11.6 Å². The highest BCUT2D eigenvalue weighted by atomic mass is 35.5. The molecule has 4 nitrogen and oxygen atoms in total. The van der Waals surface area contributed by atoms with Crippen LogP contribution in [0.15, 0.2) is 0 Å². The monoisotopic (exact) mass is 230 g/mol. The van der Waals surface area contributed by atoms with Crippen LogP contribution in [0.3, 0.4) is 0 Å². The normalized spacial score (nSPS) is 13.2. The smallest absolute Gasteiger partial charge is 0.376 e. The molecule has 0 amide bonds. The summed E-state index contributed by atoms with van der Waals surface area (Å²) < 4.78 is 33.6. The van der Waals surface area contributed by atoms with E-state index in [9.17, 15) is 18.4 Å². The summed E-state index contributed by atoms with van der Waals surface area (Å²) >= 11 is 5.23. The van der Waals surface area contributed by atoms with Crippen LogP contribution in [-0.4, -0.2) is 30.5 Å². The van der Waals surface area contributed by atoms with Crippen LogP contribution in [-0.2, 0) is 19.1 Å². The van der Waals surface area contributed by atoms with Gasteiger partial charge in [0.25, 0.3) is 0 Å². The number of rotatable bonds is 4. The zero-order valence-electron chi connectivity index (χ0n) is 7.55. The van der Waals surface area contributed by atoms with E-state index in [1.165, 1.54) is 0 Å². The Morgan fingerprint density at radius 3 is 2.36 bits per heavy atom. The van der Waals surface area contributed by atoms with Gasteiger partial charge >= 0.3 is 17.9 Å². The summed E-state index contributed by atoms with van der Waals surface area (Å²) in [6, 6.07) is 0. The average molecular weight is 231 g/mol. The summed E-state index contributed by atoms with van der Waals surface area (Å²) in [5, 5.41) is 0. The highest BCUT2D eigenvalue weighted by Crippen LogP contribution is 2.24. The molecule has 1 unspecified atom stereocenters. The van der Waals surface area contributed by atoms with Gasteiger partial charge in [0.15, 0.2) is 5.56 Å². The first-order valence-corrected chi connectivity index (χ1v) is 4.00. The second-order valence-corrected chi connectivity index (χ2v) is 2.91. The van der Waals surface area contributed by atoms with Crippen molar-refractivity contribution in [3.63, 3.8) is 0 Å². The zero-order chi connectivity index (χ0) is 11.4. The van der Waals surface area contributed by atoms with Gasteiger partial charge in [-0.2, -0.15) is 8.78 Å². The lowest BCUT2D eigenvalue weighted by molar-refractivity contribution is -0.173. The van der Waals surface area contributed by atoms with Crippen molar-refractivity contribution in [1.29, 1.82) is 0 Å². The molecule has 14 heavy (non-hydrogen) atoms. The number of ether oxygens (including phenoxy) is 2. The number of hydrogen-bond acceptors (Lipinski definition) is 4. The summed E-state index contributed by atoms with van der Waals surface area (Å²) in [6.07, 6.45) is -1.11. The molecule has 0 radical (unpaired) electrons. The molecule has 0 heterocycles. The van der Waals surface area contributed by atoms with E-state index >= 15 is 0 Å². The van der Waals surface area contributed by atoms with Crippen molar-refractivity contribution in [2.45, 2.75) is 24.8 Å². The van der Waals surface area contributed by atoms with E-state index in [-0.39, 0.29) is 0 Å². The molecule has 0 N–H and O–H groups in total. The van der Waals surface area contributed by atoms with E-state index in [1.807, 2.05) is 0 Å². The molecule has 0 aliphatic heterocycles. The quantitative estimate of drug-likeness (QED) is 0.540. The number of carbonyl (C=O) groups is 2. The van der Waals surface area contributed by atoms with E-state index in [2.05, 4.69) is 9.47 Å². The minimum Gasteiger partial charge on any atom is -0.465 e. The van der Waals surface area contributed by atoms with Crippen LogP contribution in [0.4, 0.5) is 8.78 Å². The predicted molar refractivity (Wildman–Crippen MR) is 43.0 cm³/mol. The fourth-order valence-corrected chi connectivity index (χ4v) is 0.975. The summed E-state index contributed by atoms with van der Waals surface area (Å²) in [6.45, 7) is 1.02. The zero-order valence-corrected chi connectivity index (χ0v) is 8.31. The fraction of sp³-hybridized carbons (Fsp3) is 0.714. The Morgan fingerprint density at radius 1 is 1.50 bits per heavy atom. The summed E-state index contributed by atoms with van der Waals surface area (Å²) in [5.74, 6) is -6.27. The SMILES string of the molecule is COC(=O)C(F)(F)CC(Cl)OC(C)=O. The van der Waals surface area contributed by atoms with Gasteiger partial charge in [0.05, 0.1) is 13.5 Å². The third kappa shape index (κ3) is 4.36. The van der Waals surface area contributed by atoms with Crippen LogP contribution < -0.4 is 0 Å². The second kappa shape index (κ2) is 5.09. The molecule has 0 spiro atoms. The molecule has 0 saturated carbocycles. The molecule has 0 aromatic carbocycles. The Labute approximate surface area is 84.1 Å². The van der Waals surface area contributed by atoms with Crippen molar-refractivity contribution in [1.82, 2.24) is 0 Å².